The van der Waals surface area contributed by atoms with Crippen LogP contribution in [0.4, 0.5) is 5.69 Å². The van der Waals surface area contributed by atoms with Crippen molar-refractivity contribution in [2.75, 3.05) is 5.32 Å². The van der Waals surface area contributed by atoms with E-state index in [-0.39, 0.29) is 5.91 Å². The fourth-order valence-corrected chi connectivity index (χ4v) is 3.78. The molecule has 2 heterocycles. The normalized spacial score (nSPS) is 10.9. The van der Waals surface area contributed by atoms with Gasteiger partial charge in [0.1, 0.15) is 6.33 Å². The van der Waals surface area contributed by atoms with Crippen molar-refractivity contribution >= 4 is 49.9 Å². The van der Waals surface area contributed by atoms with Crippen LogP contribution in [0, 0.1) is 0 Å². The van der Waals surface area contributed by atoms with Crippen molar-refractivity contribution in [3.63, 3.8) is 0 Å². The maximum Gasteiger partial charge on any atom is 0.265 e. The summed E-state index contributed by atoms with van der Waals surface area (Å²) in [6.45, 7) is 0. The van der Waals surface area contributed by atoms with E-state index in [9.17, 15) is 4.79 Å². The number of hydrogen-bond acceptors (Lipinski definition) is 3. The molecule has 2 aromatic carbocycles. The molecule has 6 heteroatoms. The number of amides is 1. The van der Waals surface area contributed by atoms with Crippen LogP contribution in [0.2, 0.25) is 0 Å². The number of thiophene rings is 1. The van der Waals surface area contributed by atoms with Gasteiger partial charge >= 0.3 is 0 Å². The molecule has 4 nitrogen and oxygen atoms in total. The van der Waals surface area contributed by atoms with Crippen LogP contribution in [0.5, 0.6) is 0 Å². The molecule has 0 spiro atoms. The molecule has 118 valence electrons. The summed E-state index contributed by atoms with van der Waals surface area (Å²) in [5.41, 5.74) is 3.77. The lowest BCUT2D eigenvalue weighted by Crippen LogP contribution is -2.09. The van der Waals surface area contributed by atoms with E-state index in [1.807, 2.05) is 59.2 Å². The minimum absolute atomic E-state index is 0.105. The molecule has 0 radical (unpaired) electrons. The zero-order chi connectivity index (χ0) is 16.5. The van der Waals surface area contributed by atoms with Crippen molar-refractivity contribution in [2.45, 2.75) is 0 Å². The average Bonchev–Trinajstić information content (AvgIpc) is 3.22. The molecule has 0 unspecified atom stereocenters. The molecule has 0 aliphatic heterocycles. The number of rotatable bonds is 3. The molecule has 4 rings (SSSR count). The zero-order valence-electron chi connectivity index (χ0n) is 12.4. The van der Waals surface area contributed by atoms with Gasteiger partial charge in [0.15, 0.2) is 0 Å². The van der Waals surface area contributed by atoms with E-state index in [2.05, 4.69) is 26.2 Å². The first-order valence-corrected chi connectivity index (χ1v) is 8.91. The zero-order valence-corrected chi connectivity index (χ0v) is 14.8. The maximum atomic E-state index is 12.2. The van der Waals surface area contributed by atoms with Gasteiger partial charge in [-0.3, -0.25) is 9.36 Å². The first kappa shape index (κ1) is 15.1. The van der Waals surface area contributed by atoms with Crippen molar-refractivity contribution in [1.29, 1.82) is 0 Å². The number of carbonyl (C=O) groups is 1. The Labute approximate surface area is 150 Å². The SMILES string of the molecule is O=C(Nc1ccc(-n2cnc3ccccc32)cc1)c1ccc(Br)s1. The van der Waals surface area contributed by atoms with E-state index in [4.69, 9.17) is 0 Å². The third-order valence-electron chi connectivity index (χ3n) is 3.65. The number of anilines is 1. The average molecular weight is 398 g/mol. The van der Waals surface area contributed by atoms with Crippen LogP contribution in [-0.2, 0) is 0 Å². The Morgan fingerprint density at radius 1 is 1.04 bits per heavy atom. The van der Waals surface area contributed by atoms with Gasteiger partial charge in [-0.25, -0.2) is 4.98 Å². The predicted octanol–water partition coefficient (Wildman–Crippen LogP) is 5.10. The van der Waals surface area contributed by atoms with Crippen LogP contribution in [0.1, 0.15) is 9.67 Å². The topological polar surface area (TPSA) is 46.9 Å². The van der Waals surface area contributed by atoms with Crippen LogP contribution in [-0.4, -0.2) is 15.5 Å². The van der Waals surface area contributed by atoms with Crippen LogP contribution in [0.15, 0.2) is 70.8 Å². The Morgan fingerprint density at radius 3 is 2.58 bits per heavy atom. The molecule has 0 saturated carbocycles. The monoisotopic (exact) mass is 397 g/mol. The molecule has 0 saturated heterocycles. The number of halogens is 1. The smallest absolute Gasteiger partial charge is 0.265 e. The summed E-state index contributed by atoms with van der Waals surface area (Å²) in [6, 6.07) is 19.4. The second kappa shape index (κ2) is 6.22. The summed E-state index contributed by atoms with van der Waals surface area (Å²) in [5, 5.41) is 2.91. The summed E-state index contributed by atoms with van der Waals surface area (Å²) in [7, 11) is 0. The quantitative estimate of drug-likeness (QED) is 0.522. The fourth-order valence-electron chi connectivity index (χ4n) is 2.50. The summed E-state index contributed by atoms with van der Waals surface area (Å²) >= 11 is 4.78. The molecule has 0 atom stereocenters. The maximum absolute atomic E-state index is 12.2. The number of benzene rings is 2. The van der Waals surface area contributed by atoms with Crippen LogP contribution in [0.3, 0.4) is 0 Å². The first-order valence-electron chi connectivity index (χ1n) is 7.30. The molecular weight excluding hydrogens is 386 g/mol. The Balaban J connectivity index is 1.57. The van der Waals surface area contributed by atoms with E-state index >= 15 is 0 Å². The molecule has 0 aliphatic carbocycles. The van der Waals surface area contributed by atoms with E-state index in [1.54, 1.807) is 12.4 Å². The van der Waals surface area contributed by atoms with Gasteiger partial charge in [0.05, 0.1) is 19.7 Å². The summed E-state index contributed by atoms with van der Waals surface area (Å²) in [4.78, 5) is 17.2. The van der Waals surface area contributed by atoms with Crippen LogP contribution in [0.25, 0.3) is 16.7 Å². The highest BCUT2D eigenvalue weighted by molar-refractivity contribution is 9.11. The molecular formula is C18H12BrN3OS. The molecule has 24 heavy (non-hydrogen) atoms. The number of aromatic nitrogens is 2. The molecule has 0 bridgehead atoms. The molecule has 2 aromatic heterocycles. The lowest BCUT2D eigenvalue weighted by atomic mass is 10.2. The number of nitrogens with one attached hydrogen (secondary N) is 1. The van der Waals surface area contributed by atoms with Crippen molar-refractivity contribution < 1.29 is 4.79 Å². The second-order valence-corrected chi connectivity index (χ2v) is 7.67. The minimum Gasteiger partial charge on any atom is -0.321 e. The number of hydrogen-bond donors (Lipinski definition) is 1. The fraction of sp³-hybridized carbons (Fsp3) is 0. The standard InChI is InChI=1S/C18H12BrN3OS/c19-17-10-9-16(24-17)18(23)21-12-5-7-13(8-6-12)22-11-20-14-3-1-2-4-15(14)22/h1-11H,(H,21,23). The van der Waals surface area contributed by atoms with Gasteiger partial charge in [0.25, 0.3) is 5.91 Å². The predicted molar refractivity (Wildman–Crippen MR) is 101 cm³/mol. The van der Waals surface area contributed by atoms with E-state index in [0.29, 0.717) is 4.88 Å². The van der Waals surface area contributed by atoms with Crippen molar-refractivity contribution in [2.24, 2.45) is 0 Å². The Morgan fingerprint density at radius 2 is 1.83 bits per heavy atom. The largest absolute Gasteiger partial charge is 0.321 e. The molecule has 0 fully saturated rings. The van der Waals surface area contributed by atoms with Gasteiger partial charge in [0, 0.05) is 11.4 Å². The molecule has 4 aromatic rings. The first-order chi connectivity index (χ1) is 11.7. The Kier molecular flexibility index (Phi) is 3.92. The number of carbonyl (C=O) groups excluding carboxylic acids is 1. The molecule has 0 aliphatic rings. The molecule has 1 amide bonds. The van der Waals surface area contributed by atoms with Crippen molar-refractivity contribution in [1.82, 2.24) is 9.55 Å². The van der Waals surface area contributed by atoms with Crippen LogP contribution < -0.4 is 5.32 Å². The van der Waals surface area contributed by atoms with Gasteiger partial charge in [-0.1, -0.05) is 12.1 Å². The number of fused-ring (bicyclic) bond motifs is 1. The van der Waals surface area contributed by atoms with Crippen molar-refractivity contribution in [3.8, 4) is 5.69 Å². The van der Waals surface area contributed by atoms with Gasteiger partial charge in [0.2, 0.25) is 0 Å². The highest BCUT2D eigenvalue weighted by Crippen LogP contribution is 2.24. The van der Waals surface area contributed by atoms with Gasteiger partial charge in [-0.2, -0.15) is 0 Å². The van der Waals surface area contributed by atoms with Crippen LogP contribution >= 0.6 is 27.3 Å². The Hall–Kier alpha value is -2.44. The third-order valence-corrected chi connectivity index (χ3v) is 5.28. The molecule has 1 N–H and O–H groups in total. The summed E-state index contributed by atoms with van der Waals surface area (Å²) < 4.78 is 2.96. The van der Waals surface area contributed by atoms with Crippen molar-refractivity contribution in [3.05, 3.63) is 75.7 Å². The van der Waals surface area contributed by atoms with Gasteiger partial charge < -0.3 is 5.32 Å². The number of para-hydroxylation sites is 2. The number of imidazole rings is 1. The summed E-state index contributed by atoms with van der Waals surface area (Å²) in [6.07, 6.45) is 1.81. The summed E-state index contributed by atoms with van der Waals surface area (Å²) in [5.74, 6) is -0.105. The van der Waals surface area contributed by atoms with Gasteiger partial charge in [-0.05, 0) is 64.5 Å². The van der Waals surface area contributed by atoms with Gasteiger partial charge in [-0.15, -0.1) is 11.3 Å². The second-order valence-electron chi connectivity index (χ2n) is 5.21. The van der Waals surface area contributed by atoms with E-state index < -0.39 is 0 Å². The number of nitrogens with zero attached hydrogens (tertiary/aromatic N) is 2. The lowest BCUT2D eigenvalue weighted by Gasteiger charge is -2.07. The lowest BCUT2D eigenvalue weighted by molar-refractivity contribution is 0.103. The van der Waals surface area contributed by atoms with E-state index in [0.717, 1.165) is 26.2 Å². The minimum atomic E-state index is -0.105. The highest BCUT2D eigenvalue weighted by Gasteiger charge is 2.09. The Bertz CT molecular complexity index is 1020. The highest BCUT2D eigenvalue weighted by atomic mass is 79.9. The van der Waals surface area contributed by atoms with E-state index in [1.165, 1.54) is 11.3 Å². The third kappa shape index (κ3) is 2.86.